The molecule has 0 spiro atoms. The lowest BCUT2D eigenvalue weighted by Crippen LogP contribution is -2.38. The van der Waals surface area contributed by atoms with Gasteiger partial charge in [0.25, 0.3) is 0 Å². The second-order valence-corrected chi connectivity index (χ2v) is 5.23. The summed E-state index contributed by atoms with van der Waals surface area (Å²) in [7, 11) is 0. The van der Waals surface area contributed by atoms with Crippen LogP contribution in [0.1, 0.15) is 52.4 Å². The van der Waals surface area contributed by atoms with Gasteiger partial charge in [-0.1, -0.05) is 19.8 Å². The highest BCUT2D eigenvalue weighted by Gasteiger charge is 2.18. The quantitative estimate of drug-likeness (QED) is 0.385. The van der Waals surface area contributed by atoms with E-state index in [2.05, 4.69) is 29.5 Å². The number of carbonyl (C=O) groups is 1. The molecule has 0 bridgehead atoms. The first-order valence-corrected chi connectivity index (χ1v) is 8.07. The van der Waals surface area contributed by atoms with Crippen molar-refractivity contribution in [1.29, 1.82) is 0 Å². The lowest BCUT2D eigenvalue weighted by Gasteiger charge is -2.15. The number of guanidine groups is 1. The van der Waals surface area contributed by atoms with Crippen molar-refractivity contribution in [2.75, 3.05) is 32.7 Å². The van der Waals surface area contributed by atoms with Crippen LogP contribution in [-0.4, -0.2) is 49.5 Å². The summed E-state index contributed by atoms with van der Waals surface area (Å²) < 4.78 is 0. The van der Waals surface area contributed by atoms with E-state index in [-0.39, 0.29) is 0 Å². The maximum Gasteiger partial charge on any atom is 0.222 e. The molecule has 1 rings (SSSR count). The van der Waals surface area contributed by atoms with Crippen molar-refractivity contribution in [1.82, 2.24) is 15.5 Å². The molecular formula is C15H30N4O. The summed E-state index contributed by atoms with van der Waals surface area (Å²) in [5, 5.41) is 6.61. The van der Waals surface area contributed by atoms with Gasteiger partial charge < -0.3 is 15.5 Å². The maximum absolute atomic E-state index is 11.5. The highest BCUT2D eigenvalue weighted by Crippen LogP contribution is 2.09. The third-order valence-corrected chi connectivity index (χ3v) is 3.44. The molecule has 1 saturated heterocycles. The number of likely N-dealkylation sites (tertiary alicyclic amines) is 1. The van der Waals surface area contributed by atoms with E-state index in [4.69, 9.17) is 0 Å². The fraction of sp³-hybridized carbons (Fsp3) is 0.867. The number of hydrogen-bond donors (Lipinski definition) is 2. The van der Waals surface area contributed by atoms with Gasteiger partial charge in [0.15, 0.2) is 5.96 Å². The summed E-state index contributed by atoms with van der Waals surface area (Å²) in [6.45, 7) is 8.68. The van der Waals surface area contributed by atoms with E-state index in [1.54, 1.807) is 0 Å². The Balaban J connectivity index is 2.18. The molecule has 1 aliphatic heterocycles. The van der Waals surface area contributed by atoms with E-state index >= 15 is 0 Å². The van der Waals surface area contributed by atoms with Crippen molar-refractivity contribution in [2.24, 2.45) is 4.99 Å². The first-order valence-electron chi connectivity index (χ1n) is 8.07. The lowest BCUT2D eigenvalue weighted by molar-refractivity contribution is -0.127. The van der Waals surface area contributed by atoms with Gasteiger partial charge in [0, 0.05) is 39.1 Å². The molecule has 0 saturated carbocycles. The van der Waals surface area contributed by atoms with Crippen molar-refractivity contribution in [2.45, 2.75) is 52.4 Å². The Morgan fingerprint density at radius 1 is 1.25 bits per heavy atom. The van der Waals surface area contributed by atoms with Gasteiger partial charge in [-0.2, -0.15) is 0 Å². The van der Waals surface area contributed by atoms with E-state index in [0.717, 1.165) is 57.9 Å². The van der Waals surface area contributed by atoms with Gasteiger partial charge in [-0.05, 0) is 26.2 Å². The Kier molecular flexibility index (Phi) is 8.83. The monoisotopic (exact) mass is 282 g/mol. The van der Waals surface area contributed by atoms with Crippen LogP contribution in [0.2, 0.25) is 0 Å². The minimum absolute atomic E-state index is 0.304. The fourth-order valence-corrected chi connectivity index (χ4v) is 2.32. The second kappa shape index (κ2) is 10.5. The molecule has 1 aliphatic rings. The Morgan fingerprint density at radius 3 is 2.75 bits per heavy atom. The van der Waals surface area contributed by atoms with Gasteiger partial charge in [-0.25, -0.2) is 0 Å². The van der Waals surface area contributed by atoms with Crippen LogP contribution in [0.3, 0.4) is 0 Å². The molecule has 0 radical (unpaired) electrons. The zero-order chi connectivity index (χ0) is 14.6. The van der Waals surface area contributed by atoms with Crippen molar-refractivity contribution < 1.29 is 4.79 Å². The molecule has 0 aromatic heterocycles. The Morgan fingerprint density at radius 2 is 2.10 bits per heavy atom. The van der Waals surface area contributed by atoms with Crippen LogP contribution in [0.5, 0.6) is 0 Å². The number of rotatable bonds is 9. The van der Waals surface area contributed by atoms with E-state index in [1.165, 1.54) is 19.3 Å². The average Bonchev–Trinajstić information content (AvgIpc) is 2.85. The maximum atomic E-state index is 11.5. The third kappa shape index (κ3) is 6.78. The van der Waals surface area contributed by atoms with E-state index in [0.29, 0.717) is 5.91 Å². The smallest absolute Gasteiger partial charge is 0.222 e. The molecule has 0 aliphatic carbocycles. The summed E-state index contributed by atoms with van der Waals surface area (Å²) in [5.41, 5.74) is 0. The van der Waals surface area contributed by atoms with Crippen molar-refractivity contribution >= 4 is 11.9 Å². The van der Waals surface area contributed by atoms with Crippen LogP contribution >= 0.6 is 0 Å². The molecule has 0 aromatic rings. The molecule has 1 amide bonds. The Bertz CT molecular complexity index is 304. The van der Waals surface area contributed by atoms with Crippen LogP contribution in [0, 0.1) is 0 Å². The zero-order valence-corrected chi connectivity index (χ0v) is 13.1. The molecule has 0 aromatic carbocycles. The van der Waals surface area contributed by atoms with Crippen LogP contribution < -0.4 is 10.6 Å². The molecule has 20 heavy (non-hydrogen) atoms. The molecular weight excluding hydrogens is 252 g/mol. The lowest BCUT2D eigenvalue weighted by atomic mass is 10.2. The summed E-state index contributed by atoms with van der Waals surface area (Å²) in [4.78, 5) is 18.0. The molecule has 1 heterocycles. The van der Waals surface area contributed by atoms with Gasteiger partial charge in [-0.3, -0.25) is 9.79 Å². The van der Waals surface area contributed by atoms with Crippen molar-refractivity contribution in [3.05, 3.63) is 0 Å². The van der Waals surface area contributed by atoms with Gasteiger partial charge in [0.1, 0.15) is 0 Å². The van der Waals surface area contributed by atoms with Gasteiger partial charge in [0.2, 0.25) is 5.91 Å². The Hall–Kier alpha value is -1.26. The zero-order valence-electron chi connectivity index (χ0n) is 13.1. The summed E-state index contributed by atoms with van der Waals surface area (Å²) in [5.74, 6) is 1.20. The number of amides is 1. The fourth-order valence-electron chi connectivity index (χ4n) is 2.32. The van der Waals surface area contributed by atoms with Crippen LogP contribution in [-0.2, 0) is 4.79 Å². The summed E-state index contributed by atoms with van der Waals surface area (Å²) >= 11 is 0. The molecule has 1 fully saturated rings. The number of hydrogen-bond acceptors (Lipinski definition) is 2. The van der Waals surface area contributed by atoms with E-state index in [1.807, 2.05) is 4.90 Å². The van der Waals surface area contributed by atoms with Crippen LogP contribution in [0.25, 0.3) is 0 Å². The minimum Gasteiger partial charge on any atom is -0.357 e. The van der Waals surface area contributed by atoms with Crippen LogP contribution in [0.4, 0.5) is 0 Å². The average molecular weight is 282 g/mol. The molecule has 5 heteroatoms. The van der Waals surface area contributed by atoms with Gasteiger partial charge in [0.05, 0.1) is 0 Å². The highest BCUT2D eigenvalue weighted by molar-refractivity contribution is 5.79. The molecule has 116 valence electrons. The van der Waals surface area contributed by atoms with Crippen molar-refractivity contribution in [3.8, 4) is 0 Å². The molecule has 0 atom stereocenters. The largest absolute Gasteiger partial charge is 0.357 e. The molecule has 5 nitrogen and oxygen atoms in total. The molecule has 2 N–H and O–H groups in total. The second-order valence-electron chi connectivity index (χ2n) is 5.23. The predicted octanol–water partition coefficient (Wildman–Crippen LogP) is 1.74. The van der Waals surface area contributed by atoms with Crippen molar-refractivity contribution in [3.63, 3.8) is 0 Å². The van der Waals surface area contributed by atoms with Gasteiger partial charge >= 0.3 is 0 Å². The number of unbranched alkanes of at least 4 members (excludes halogenated alkanes) is 2. The van der Waals surface area contributed by atoms with E-state index in [9.17, 15) is 4.79 Å². The third-order valence-electron chi connectivity index (χ3n) is 3.44. The highest BCUT2D eigenvalue weighted by atomic mass is 16.2. The summed E-state index contributed by atoms with van der Waals surface area (Å²) in [6.07, 6.45) is 6.36. The standard InChI is InChI=1S/C15H30N4O/c1-3-5-6-10-17-15(16-4-2)18-11-8-13-19-12-7-9-14(19)20/h3-13H2,1-2H3,(H2,16,17,18). The SMILES string of the molecule is CCCCCNC(=NCCCN1CCCC1=O)NCC. The Labute approximate surface area is 123 Å². The number of carbonyl (C=O) groups excluding carboxylic acids is 1. The first kappa shape index (κ1) is 16.8. The summed E-state index contributed by atoms with van der Waals surface area (Å²) in [6, 6.07) is 0. The topological polar surface area (TPSA) is 56.7 Å². The normalized spacial score (nSPS) is 15.8. The number of aliphatic imine (C=N–C) groups is 1. The number of nitrogens with one attached hydrogen (secondary N) is 2. The van der Waals surface area contributed by atoms with E-state index < -0.39 is 0 Å². The first-order chi connectivity index (χ1) is 9.77. The van der Waals surface area contributed by atoms with Crippen LogP contribution in [0.15, 0.2) is 4.99 Å². The molecule has 0 unspecified atom stereocenters. The van der Waals surface area contributed by atoms with Gasteiger partial charge in [-0.15, -0.1) is 0 Å². The predicted molar refractivity (Wildman–Crippen MR) is 83.9 cm³/mol. The number of nitrogens with zero attached hydrogens (tertiary/aromatic N) is 2. The minimum atomic E-state index is 0.304.